The molecule has 3 aromatic carbocycles. The summed E-state index contributed by atoms with van der Waals surface area (Å²) in [5, 5.41) is 12.4. The first-order chi connectivity index (χ1) is 15.4. The number of hydrogen-bond acceptors (Lipinski definition) is 3. The van der Waals surface area contributed by atoms with Gasteiger partial charge in [0.15, 0.2) is 0 Å². The molecule has 0 bridgehead atoms. The monoisotopic (exact) mass is 424 g/mol. The molecule has 32 heavy (non-hydrogen) atoms. The van der Waals surface area contributed by atoms with E-state index in [9.17, 15) is 9.90 Å². The van der Waals surface area contributed by atoms with Gasteiger partial charge in [-0.15, -0.1) is 0 Å². The number of aliphatic imine (C=N–C) groups is 1. The van der Waals surface area contributed by atoms with Gasteiger partial charge in [0, 0.05) is 17.0 Å². The van der Waals surface area contributed by atoms with Crippen molar-refractivity contribution in [2.75, 3.05) is 0 Å². The molecular formula is C28H28N2O2. The molecule has 4 heteroatoms. The van der Waals surface area contributed by atoms with Crippen LogP contribution in [-0.2, 0) is 0 Å². The highest BCUT2D eigenvalue weighted by atomic mass is 16.3. The summed E-state index contributed by atoms with van der Waals surface area (Å²) in [6.07, 6.45) is 2.73. The zero-order valence-corrected chi connectivity index (χ0v) is 19.0. The van der Waals surface area contributed by atoms with Crippen molar-refractivity contribution in [2.24, 2.45) is 4.99 Å². The van der Waals surface area contributed by atoms with E-state index in [4.69, 9.17) is 0 Å². The number of benzene rings is 3. The van der Waals surface area contributed by atoms with Crippen LogP contribution in [0.2, 0.25) is 0 Å². The lowest BCUT2D eigenvalue weighted by Gasteiger charge is -2.15. The largest absolute Gasteiger partial charge is 0.494 e. The highest BCUT2D eigenvalue weighted by Gasteiger charge is 2.16. The number of hydrogen-bond donors (Lipinski definition) is 1. The normalized spacial score (nSPS) is 12.5. The summed E-state index contributed by atoms with van der Waals surface area (Å²) >= 11 is 0. The molecule has 1 aromatic heterocycles. The third kappa shape index (κ3) is 3.96. The number of pyridine rings is 1. The molecule has 4 rings (SSSR count). The Labute approximate surface area is 188 Å². The van der Waals surface area contributed by atoms with Gasteiger partial charge >= 0.3 is 0 Å². The van der Waals surface area contributed by atoms with Gasteiger partial charge in [-0.1, -0.05) is 50.2 Å². The second kappa shape index (κ2) is 8.83. The van der Waals surface area contributed by atoms with Gasteiger partial charge in [-0.2, -0.15) is 0 Å². The Hall–Kier alpha value is -3.66. The summed E-state index contributed by atoms with van der Waals surface area (Å²) in [5.74, 6) is 0.388. The minimum atomic E-state index is -0.253. The molecule has 0 aliphatic heterocycles. The molecule has 0 spiro atoms. The maximum atomic E-state index is 13.3. The highest BCUT2D eigenvalue weighted by molar-refractivity contribution is 6.02. The average molecular weight is 425 g/mol. The van der Waals surface area contributed by atoms with E-state index in [0.29, 0.717) is 27.9 Å². The second-order valence-electron chi connectivity index (χ2n) is 8.35. The van der Waals surface area contributed by atoms with E-state index in [1.807, 2.05) is 62.4 Å². The lowest BCUT2D eigenvalue weighted by atomic mass is 9.99. The predicted octanol–water partition coefficient (Wildman–Crippen LogP) is 6.58. The van der Waals surface area contributed by atoms with Crippen LogP contribution >= 0.6 is 0 Å². The van der Waals surface area contributed by atoms with Crippen LogP contribution in [-0.4, -0.2) is 15.9 Å². The molecule has 1 atom stereocenters. The van der Waals surface area contributed by atoms with Crippen molar-refractivity contribution in [1.82, 2.24) is 4.57 Å². The fourth-order valence-corrected chi connectivity index (χ4v) is 3.86. The molecule has 0 fully saturated rings. The van der Waals surface area contributed by atoms with Crippen molar-refractivity contribution in [2.45, 2.75) is 40.0 Å². The fraction of sp³-hybridized carbons (Fsp3) is 0.214. The van der Waals surface area contributed by atoms with E-state index in [1.54, 1.807) is 12.3 Å². The molecule has 0 saturated carbocycles. The zero-order valence-electron chi connectivity index (χ0n) is 19.0. The first-order valence-electron chi connectivity index (χ1n) is 11.0. The van der Waals surface area contributed by atoms with E-state index in [-0.39, 0.29) is 11.4 Å². The Morgan fingerprint density at radius 2 is 1.66 bits per heavy atom. The standard InChI is InChI=1S/C28H28N2O2/c1-5-18(2)21-11-13-22(14-12-21)29-17-26-24-8-6-7-9-25(24)27(31)30(28(26)32)23-15-10-19(3)20(4)16-23/h6-18,32H,5H2,1-4H3. The zero-order chi connectivity index (χ0) is 22.8. The van der Waals surface area contributed by atoms with Gasteiger partial charge < -0.3 is 5.11 Å². The number of aromatic hydroxyl groups is 1. The van der Waals surface area contributed by atoms with Crippen molar-refractivity contribution in [1.29, 1.82) is 0 Å². The number of fused-ring (bicyclic) bond motifs is 1. The van der Waals surface area contributed by atoms with Gasteiger partial charge in [0.25, 0.3) is 5.56 Å². The van der Waals surface area contributed by atoms with E-state index in [2.05, 4.69) is 31.0 Å². The van der Waals surface area contributed by atoms with Crippen molar-refractivity contribution in [3.63, 3.8) is 0 Å². The first kappa shape index (κ1) is 21.6. The second-order valence-corrected chi connectivity index (χ2v) is 8.35. The van der Waals surface area contributed by atoms with Crippen molar-refractivity contribution < 1.29 is 5.11 Å². The van der Waals surface area contributed by atoms with Gasteiger partial charge in [0.1, 0.15) is 0 Å². The van der Waals surface area contributed by atoms with Crippen LogP contribution < -0.4 is 5.56 Å². The van der Waals surface area contributed by atoms with Gasteiger partial charge in [-0.25, -0.2) is 4.57 Å². The molecule has 0 aliphatic rings. The molecule has 4 nitrogen and oxygen atoms in total. The summed E-state index contributed by atoms with van der Waals surface area (Å²) in [4.78, 5) is 17.9. The summed E-state index contributed by atoms with van der Waals surface area (Å²) in [5.41, 5.74) is 5.16. The van der Waals surface area contributed by atoms with Crippen LogP contribution in [0.4, 0.5) is 5.69 Å². The Morgan fingerprint density at radius 3 is 2.31 bits per heavy atom. The average Bonchev–Trinajstić information content (AvgIpc) is 2.81. The van der Waals surface area contributed by atoms with Crippen LogP contribution in [0.3, 0.4) is 0 Å². The quantitative estimate of drug-likeness (QED) is 0.368. The molecule has 4 aromatic rings. The lowest BCUT2D eigenvalue weighted by Crippen LogP contribution is -2.20. The van der Waals surface area contributed by atoms with E-state index in [1.165, 1.54) is 10.1 Å². The van der Waals surface area contributed by atoms with E-state index < -0.39 is 0 Å². The van der Waals surface area contributed by atoms with Crippen LogP contribution in [0.1, 0.15) is 48.4 Å². The number of aryl methyl sites for hydroxylation is 2. The predicted molar refractivity (Wildman–Crippen MR) is 133 cm³/mol. The van der Waals surface area contributed by atoms with Gasteiger partial charge in [-0.05, 0) is 73.2 Å². The Bertz CT molecular complexity index is 1370. The molecule has 0 radical (unpaired) electrons. The Morgan fingerprint density at radius 1 is 0.969 bits per heavy atom. The molecular weight excluding hydrogens is 396 g/mol. The van der Waals surface area contributed by atoms with Gasteiger partial charge in [-0.3, -0.25) is 9.79 Å². The third-order valence-corrected chi connectivity index (χ3v) is 6.27. The third-order valence-electron chi connectivity index (χ3n) is 6.27. The smallest absolute Gasteiger partial charge is 0.265 e. The lowest BCUT2D eigenvalue weighted by molar-refractivity contribution is 0.436. The van der Waals surface area contributed by atoms with Gasteiger partial charge in [0.05, 0.1) is 16.9 Å². The van der Waals surface area contributed by atoms with E-state index in [0.717, 1.165) is 23.2 Å². The minimum absolute atomic E-state index is 0.114. The minimum Gasteiger partial charge on any atom is -0.494 e. The van der Waals surface area contributed by atoms with Crippen LogP contribution in [0.5, 0.6) is 5.88 Å². The first-order valence-corrected chi connectivity index (χ1v) is 11.0. The molecule has 0 amide bonds. The Kier molecular flexibility index (Phi) is 5.95. The number of aromatic nitrogens is 1. The summed E-state index contributed by atoms with van der Waals surface area (Å²) < 4.78 is 1.36. The van der Waals surface area contributed by atoms with Crippen LogP contribution in [0.15, 0.2) is 76.5 Å². The van der Waals surface area contributed by atoms with Crippen LogP contribution in [0, 0.1) is 13.8 Å². The SMILES string of the molecule is CCC(C)c1ccc(N=Cc2c(O)n(-c3ccc(C)c(C)c3)c(=O)c3ccccc23)cc1. The van der Waals surface area contributed by atoms with E-state index >= 15 is 0 Å². The van der Waals surface area contributed by atoms with Gasteiger partial charge in [0.2, 0.25) is 5.88 Å². The number of nitrogens with zero attached hydrogens (tertiary/aromatic N) is 2. The highest BCUT2D eigenvalue weighted by Crippen LogP contribution is 2.28. The maximum absolute atomic E-state index is 13.3. The topological polar surface area (TPSA) is 54.6 Å². The van der Waals surface area contributed by atoms with Crippen molar-refractivity contribution in [3.8, 4) is 11.6 Å². The fourth-order valence-electron chi connectivity index (χ4n) is 3.86. The molecule has 162 valence electrons. The molecule has 1 heterocycles. The summed E-state index contributed by atoms with van der Waals surface area (Å²) in [7, 11) is 0. The van der Waals surface area contributed by atoms with Crippen molar-refractivity contribution in [3.05, 3.63) is 99.3 Å². The van der Waals surface area contributed by atoms with Crippen molar-refractivity contribution >= 4 is 22.7 Å². The molecule has 0 aliphatic carbocycles. The molecule has 1 N–H and O–H groups in total. The molecule has 1 unspecified atom stereocenters. The summed E-state index contributed by atoms with van der Waals surface area (Å²) in [6, 6.07) is 21.2. The van der Waals surface area contributed by atoms with Crippen LogP contribution in [0.25, 0.3) is 16.5 Å². The maximum Gasteiger partial charge on any atom is 0.265 e. The summed E-state index contributed by atoms with van der Waals surface area (Å²) in [6.45, 7) is 8.40. The molecule has 0 saturated heterocycles. The number of rotatable bonds is 5. The Balaban J connectivity index is 1.86.